The minimum atomic E-state index is -3.27. The number of nitrogens with one attached hydrogen (secondary N) is 1. The van der Waals surface area contributed by atoms with Gasteiger partial charge in [-0.2, -0.15) is 5.10 Å². The second kappa shape index (κ2) is 7.28. The number of carboxylic acid groups (broad SMARTS) is 1. The lowest BCUT2D eigenvalue weighted by atomic mass is 10.1. The molecular weight excluding hydrogens is 358 g/mol. The molecule has 8 nitrogen and oxygen atoms in total. The predicted octanol–water partition coefficient (Wildman–Crippen LogP) is 1.68. The zero-order valence-corrected chi connectivity index (χ0v) is 15.6. The zero-order chi connectivity index (χ0) is 19.5. The van der Waals surface area contributed by atoms with Gasteiger partial charge in [0.1, 0.15) is 0 Å². The molecule has 1 aromatic carbocycles. The number of aliphatic carboxylic acids is 1. The molecule has 0 aliphatic carbocycles. The summed E-state index contributed by atoms with van der Waals surface area (Å²) in [6.07, 6.45) is 2.88. The fourth-order valence-corrected chi connectivity index (χ4v) is 3.05. The Kier molecular flexibility index (Phi) is 5.50. The van der Waals surface area contributed by atoms with Crippen molar-refractivity contribution in [1.82, 2.24) is 9.78 Å². The number of benzene rings is 1. The summed E-state index contributed by atoms with van der Waals surface area (Å²) in [6, 6.07) is 6.15. The van der Waals surface area contributed by atoms with Gasteiger partial charge in [0.2, 0.25) is 5.91 Å². The van der Waals surface area contributed by atoms with E-state index in [0.29, 0.717) is 11.3 Å². The van der Waals surface area contributed by atoms with Gasteiger partial charge in [-0.05, 0) is 31.5 Å². The highest BCUT2D eigenvalue weighted by Crippen LogP contribution is 2.18. The highest BCUT2D eigenvalue weighted by Gasteiger charge is 2.30. The number of carbonyl (C=O) groups is 2. The molecule has 0 aliphatic heterocycles. The number of rotatable bonds is 7. The zero-order valence-electron chi connectivity index (χ0n) is 14.8. The first kappa shape index (κ1) is 19.6. The third-order valence-corrected chi connectivity index (χ3v) is 5.74. The first-order valence-electron chi connectivity index (χ1n) is 7.96. The van der Waals surface area contributed by atoms with Crippen LogP contribution in [0.1, 0.15) is 26.3 Å². The lowest BCUT2D eigenvalue weighted by Crippen LogP contribution is -2.35. The molecule has 1 amide bonds. The Hall–Kier alpha value is -2.68. The van der Waals surface area contributed by atoms with Crippen LogP contribution in [0.2, 0.25) is 0 Å². The van der Waals surface area contributed by atoms with Crippen LogP contribution in [-0.2, 0) is 31.4 Å². The lowest BCUT2D eigenvalue weighted by Gasteiger charge is -2.19. The van der Waals surface area contributed by atoms with Gasteiger partial charge in [0.15, 0.2) is 15.4 Å². The van der Waals surface area contributed by atoms with Gasteiger partial charge in [-0.15, -0.1) is 0 Å². The Morgan fingerprint density at radius 1 is 1.23 bits per heavy atom. The number of amides is 1. The van der Waals surface area contributed by atoms with Gasteiger partial charge in [-0.1, -0.05) is 19.1 Å². The molecule has 140 valence electrons. The van der Waals surface area contributed by atoms with E-state index in [1.165, 1.54) is 43.1 Å². The molecule has 2 aromatic rings. The van der Waals surface area contributed by atoms with Crippen LogP contribution >= 0.6 is 0 Å². The minimum Gasteiger partial charge on any atom is -0.479 e. The van der Waals surface area contributed by atoms with Crippen LogP contribution in [-0.4, -0.2) is 40.9 Å². The lowest BCUT2D eigenvalue weighted by molar-refractivity contribution is -0.146. The van der Waals surface area contributed by atoms with Crippen LogP contribution in [0.15, 0.2) is 41.6 Å². The normalized spacial score (nSPS) is 12.0. The van der Waals surface area contributed by atoms with Crippen molar-refractivity contribution in [3.8, 4) is 0 Å². The summed E-state index contributed by atoms with van der Waals surface area (Å²) in [5.74, 6) is -1.34. The molecule has 2 rings (SSSR count). The van der Waals surface area contributed by atoms with E-state index < -0.39 is 21.3 Å². The molecule has 0 fully saturated rings. The van der Waals surface area contributed by atoms with Gasteiger partial charge in [0.05, 0.1) is 29.0 Å². The minimum absolute atomic E-state index is 0.0174. The summed E-state index contributed by atoms with van der Waals surface area (Å²) in [5, 5.41) is 15.8. The van der Waals surface area contributed by atoms with E-state index in [-0.39, 0.29) is 23.0 Å². The molecule has 1 aromatic heterocycles. The molecule has 2 N–H and O–H groups in total. The van der Waals surface area contributed by atoms with Crippen LogP contribution < -0.4 is 5.32 Å². The van der Waals surface area contributed by atoms with Crippen LogP contribution in [0.4, 0.5) is 5.69 Å². The SMILES string of the molecule is CCS(=O)(=O)c1ccc(CC(=O)Nc2cnn(C(C)(C)C(=O)O)c2)cc1. The van der Waals surface area contributed by atoms with E-state index in [0.717, 1.165) is 0 Å². The standard InChI is InChI=1S/C17H21N3O5S/c1-4-26(24,25)14-7-5-12(6-8-14)9-15(21)19-13-10-18-20(11-13)17(2,3)16(22)23/h5-8,10-11H,4,9H2,1-3H3,(H,19,21)(H,22,23). The van der Waals surface area contributed by atoms with Crippen molar-refractivity contribution in [2.45, 2.75) is 37.6 Å². The highest BCUT2D eigenvalue weighted by molar-refractivity contribution is 7.91. The molecule has 1 heterocycles. The highest BCUT2D eigenvalue weighted by atomic mass is 32.2. The molecule has 0 bridgehead atoms. The average Bonchev–Trinajstić information content (AvgIpc) is 3.04. The van der Waals surface area contributed by atoms with Crippen molar-refractivity contribution < 1.29 is 23.1 Å². The third kappa shape index (κ3) is 4.29. The number of anilines is 1. The summed E-state index contributed by atoms with van der Waals surface area (Å²) in [7, 11) is -3.27. The molecule has 0 spiro atoms. The molecule has 0 saturated heterocycles. The van der Waals surface area contributed by atoms with Crippen molar-refractivity contribution in [2.24, 2.45) is 0 Å². The van der Waals surface area contributed by atoms with E-state index in [1.54, 1.807) is 19.1 Å². The van der Waals surface area contributed by atoms with Gasteiger partial charge < -0.3 is 10.4 Å². The average molecular weight is 379 g/mol. The Labute approximate surface area is 151 Å². The summed E-state index contributed by atoms with van der Waals surface area (Å²) in [4.78, 5) is 23.6. The molecule has 0 aliphatic rings. The molecular formula is C17H21N3O5S. The Morgan fingerprint density at radius 2 is 1.85 bits per heavy atom. The first-order chi connectivity index (χ1) is 12.1. The third-order valence-electron chi connectivity index (χ3n) is 3.99. The summed E-state index contributed by atoms with van der Waals surface area (Å²) < 4.78 is 24.8. The maximum Gasteiger partial charge on any atom is 0.331 e. The number of hydrogen-bond donors (Lipinski definition) is 2. The largest absolute Gasteiger partial charge is 0.479 e. The molecule has 26 heavy (non-hydrogen) atoms. The van der Waals surface area contributed by atoms with Crippen molar-refractivity contribution in [2.75, 3.05) is 11.1 Å². The molecule has 0 atom stereocenters. The van der Waals surface area contributed by atoms with Gasteiger partial charge >= 0.3 is 5.97 Å². The van der Waals surface area contributed by atoms with E-state index in [2.05, 4.69) is 10.4 Å². The van der Waals surface area contributed by atoms with E-state index in [4.69, 9.17) is 0 Å². The van der Waals surface area contributed by atoms with Gasteiger partial charge in [0, 0.05) is 6.20 Å². The number of aromatic nitrogens is 2. The predicted molar refractivity (Wildman–Crippen MR) is 95.7 cm³/mol. The number of sulfone groups is 1. The Morgan fingerprint density at radius 3 is 2.38 bits per heavy atom. The monoisotopic (exact) mass is 379 g/mol. The van der Waals surface area contributed by atoms with Gasteiger partial charge in [-0.3, -0.25) is 9.48 Å². The van der Waals surface area contributed by atoms with Gasteiger partial charge in [-0.25, -0.2) is 13.2 Å². The van der Waals surface area contributed by atoms with Crippen LogP contribution in [0.25, 0.3) is 0 Å². The van der Waals surface area contributed by atoms with Crippen LogP contribution in [0.5, 0.6) is 0 Å². The van der Waals surface area contributed by atoms with Crippen molar-refractivity contribution in [3.63, 3.8) is 0 Å². The summed E-state index contributed by atoms with van der Waals surface area (Å²) in [5.41, 5.74) is -0.186. The summed E-state index contributed by atoms with van der Waals surface area (Å²) in [6.45, 7) is 4.57. The fourth-order valence-electron chi connectivity index (χ4n) is 2.16. The van der Waals surface area contributed by atoms with E-state index >= 15 is 0 Å². The smallest absolute Gasteiger partial charge is 0.331 e. The number of carboxylic acids is 1. The molecule has 0 radical (unpaired) electrons. The number of hydrogen-bond acceptors (Lipinski definition) is 5. The van der Waals surface area contributed by atoms with Crippen LogP contribution in [0.3, 0.4) is 0 Å². The number of nitrogens with zero attached hydrogens (tertiary/aromatic N) is 2. The second-order valence-corrected chi connectivity index (χ2v) is 8.59. The van der Waals surface area contributed by atoms with Crippen molar-refractivity contribution in [3.05, 3.63) is 42.2 Å². The molecule has 9 heteroatoms. The molecule has 0 saturated carbocycles. The van der Waals surface area contributed by atoms with E-state index in [9.17, 15) is 23.1 Å². The van der Waals surface area contributed by atoms with Crippen molar-refractivity contribution in [1.29, 1.82) is 0 Å². The quantitative estimate of drug-likeness (QED) is 0.755. The molecule has 0 unspecified atom stereocenters. The second-order valence-electron chi connectivity index (χ2n) is 6.31. The fraction of sp³-hybridized carbons (Fsp3) is 0.353. The van der Waals surface area contributed by atoms with Crippen LogP contribution in [0, 0.1) is 0 Å². The Bertz CT molecular complexity index is 914. The topological polar surface area (TPSA) is 118 Å². The van der Waals surface area contributed by atoms with Crippen molar-refractivity contribution >= 4 is 27.4 Å². The summed E-state index contributed by atoms with van der Waals surface area (Å²) >= 11 is 0. The maximum absolute atomic E-state index is 12.1. The van der Waals surface area contributed by atoms with E-state index in [1.807, 2.05) is 0 Å². The number of carbonyl (C=O) groups excluding carboxylic acids is 1. The maximum atomic E-state index is 12.1. The first-order valence-corrected chi connectivity index (χ1v) is 9.61. The van der Waals surface area contributed by atoms with Gasteiger partial charge in [0.25, 0.3) is 0 Å². The Balaban J connectivity index is 2.04.